The van der Waals surface area contributed by atoms with Crippen molar-refractivity contribution in [2.45, 2.75) is 0 Å². The van der Waals surface area contributed by atoms with Gasteiger partial charge in [0, 0.05) is 0 Å². The van der Waals surface area contributed by atoms with E-state index >= 15 is 0 Å². The van der Waals surface area contributed by atoms with Crippen LogP contribution in [0, 0.1) is 0 Å². The highest BCUT2D eigenvalue weighted by molar-refractivity contribution is 5.85. The van der Waals surface area contributed by atoms with Gasteiger partial charge < -0.3 is 0 Å². The summed E-state index contributed by atoms with van der Waals surface area (Å²) in [5.74, 6) is 0. The summed E-state index contributed by atoms with van der Waals surface area (Å²) < 4.78 is 0. The van der Waals surface area contributed by atoms with Crippen molar-refractivity contribution in [2.24, 2.45) is 0 Å². The van der Waals surface area contributed by atoms with Gasteiger partial charge in [-0.1, -0.05) is 18.2 Å². The SMILES string of the molecule is Cl.ON(O)c1ccccc1. The van der Waals surface area contributed by atoms with Gasteiger partial charge in [0.1, 0.15) is 0 Å². The highest BCUT2D eigenvalue weighted by atomic mass is 35.5. The van der Waals surface area contributed by atoms with Crippen LogP contribution in [0.5, 0.6) is 0 Å². The van der Waals surface area contributed by atoms with Crippen LogP contribution in [-0.2, 0) is 0 Å². The topological polar surface area (TPSA) is 43.7 Å². The molecule has 0 amide bonds. The Morgan fingerprint density at radius 3 is 1.80 bits per heavy atom. The molecule has 0 unspecified atom stereocenters. The maximum Gasteiger partial charge on any atom is 0.0942 e. The monoisotopic (exact) mass is 161 g/mol. The van der Waals surface area contributed by atoms with Crippen LogP contribution in [0.25, 0.3) is 0 Å². The average molecular weight is 162 g/mol. The molecule has 0 bridgehead atoms. The number of hydrogen-bond donors (Lipinski definition) is 2. The van der Waals surface area contributed by atoms with Crippen molar-refractivity contribution in [1.82, 2.24) is 0 Å². The molecule has 1 rings (SSSR count). The van der Waals surface area contributed by atoms with Crippen molar-refractivity contribution in [3.05, 3.63) is 30.3 Å². The maximum atomic E-state index is 8.41. The van der Waals surface area contributed by atoms with E-state index in [4.69, 9.17) is 10.4 Å². The van der Waals surface area contributed by atoms with E-state index in [0.717, 1.165) is 0 Å². The van der Waals surface area contributed by atoms with E-state index in [0.29, 0.717) is 5.69 Å². The fourth-order valence-electron chi connectivity index (χ4n) is 0.561. The second-order valence-electron chi connectivity index (χ2n) is 1.62. The Morgan fingerprint density at radius 2 is 1.50 bits per heavy atom. The average Bonchev–Trinajstić information content (AvgIpc) is 1.90. The number of benzene rings is 1. The Balaban J connectivity index is 0.000000810. The minimum absolute atomic E-state index is 0. The molecule has 0 atom stereocenters. The predicted octanol–water partition coefficient (Wildman–Crippen LogP) is 1.69. The smallest absolute Gasteiger partial charge is 0.0942 e. The van der Waals surface area contributed by atoms with Crippen molar-refractivity contribution in [3.8, 4) is 0 Å². The van der Waals surface area contributed by atoms with E-state index in [1.165, 1.54) is 0 Å². The second kappa shape index (κ2) is 4.11. The molecule has 1 aromatic rings. The van der Waals surface area contributed by atoms with Crippen LogP contribution >= 0.6 is 12.4 Å². The Hall–Kier alpha value is -0.770. The van der Waals surface area contributed by atoms with Gasteiger partial charge >= 0.3 is 0 Å². The summed E-state index contributed by atoms with van der Waals surface area (Å²) in [6.07, 6.45) is 0. The van der Waals surface area contributed by atoms with Gasteiger partial charge in [0.05, 0.1) is 5.69 Å². The molecule has 2 N–H and O–H groups in total. The van der Waals surface area contributed by atoms with E-state index in [1.807, 2.05) is 0 Å². The summed E-state index contributed by atoms with van der Waals surface area (Å²) in [5, 5.41) is 16.9. The first-order valence-corrected chi connectivity index (χ1v) is 2.53. The molecule has 0 fully saturated rings. The van der Waals surface area contributed by atoms with Gasteiger partial charge in [-0.15, -0.1) is 17.6 Å². The minimum atomic E-state index is 0. The van der Waals surface area contributed by atoms with Crippen LogP contribution in [0.15, 0.2) is 30.3 Å². The van der Waals surface area contributed by atoms with Gasteiger partial charge in [-0.25, -0.2) is 0 Å². The highest BCUT2D eigenvalue weighted by Crippen LogP contribution is 2.06. The molecule has 0 spiro atoms. The van der Waals surface area contributed by atoms with Crippen molar-refractivity contribution < 1.29 is 10.4 Å². The van der Waals surface area contributed by atoms with E-state index in [-0.39, 0.29) is 17.6 Å². The van der Waals surface area contributed by atoms with Gasteiger partial charge in [0.25, 0.3) is 0 Å². The number of hydrogen-bond acceptors (Lipinski definition) is 3. The fraction of sp³-hybridized carbons (Fsp3) is 0. The standard InChI is InChI=1S/C6H7NO2.ClH/c8-7(9)6-4-2-1-3-5-6;/h1-5,8-9H;1H. The van der Waals surface area contributed by atoms with Gasteiger partial charge in [0.2, 0.25) is 0 Å². The lowest BCUT2D eigenvalue weighted by Gasteiger charge is -2.05. The third-order valence-corrected chi connectivity index (χ3v) is 0.987. The molecule has 0 saturated heterocycles. The zero-order valence-electron chi connectivity index (χ0n) is 5.14. The molecular formula is C6H8ClNO2. The molecule has 4 heteroatoms. The molecule has 3 nitrogen and oxygen atoms in total. The summed E-state index contributed by atoms with van der Waals surface area (Å²) in [6.45, 7) is 0. The largest absolute Gasteiger partial charge is 0.264 e. The molecule has 10 heavy (non-hydrogen) atoms. The van der Waals surface area contributed by atoms with Crippen LogP contribution in [-0.4, -0.2) is 10.4 Å². The molecule has 0 heterocycles. The normalized spacial score (nSPS) is 8.20. The lowest BCUT2D eigenvalue weighted by atomic mass is 10.3. The molecule has 0 aliphatic heterocycles. The summed E-state index contributed by atoms with van der Waals surface area (Å²) in [5.41, 5.74) is 0.359. The molecule has 0 aliphatic rings. The zero-order chi connectivity index (χ0) is 6.69. The number of para-hydroxylation sites is 1. The van der Waals surface area contributed by atoms with Crippen LogP contribution in [0.1, 0.15) is 0 Å². The highest BCUT2D eigenvalue weighted by Gasteiger charge is 1.92. The fourth-order valence-corrected chi connectivity index (χ4v) is 0.561. The molecule has 1 aromatic carbocycles. The lowest BCUT2D eigenvalue weighted by Crippen LogP contribution is -2.10. The first-order valence-electron chi connectivity index (χ1n) is 2.53. The van der Waals surface area contributed by atoms with Gasteiger partial charge in [-0.3, -0.25) is 10.4 Å². The van der Waals surface area contributed by atoms with E-state index in [1.54, 1.807) is 30.3 Å². The number of rotatable bonds is 1. The molecule has 0 saturated carbocycles. The van der Waals surface area contributed by atoms with Crippen LogP contribution in [0.3, 0.4) is 0 Å². The van der Waals surface area contributed by atoms with Crippen molar-refractivity contribution >= 4 is 18.1 Å². The lowest BCUT2D eigenvalue weighted by molar-refractivity contribution is 0.0291. The quantitative estimate of drug-likeness (QED) is 0.616. The van der Waals surface area contributed by atoms with E-state index < -0.39 is 0 Å². The number of anilines is 1. The molecule has 0 radical (unpaired) electrons. The van der Waals surface area contributed by atoms with Crippen molar-refractivity contribution in [2.75, 3.05) is 5.23 Å². The maximum absolute atomic E-state index is 8.41. The molecule has 0 aliphatic carbocycles. The Morgan fingerprint density at radius 1 is 1.00 bits per heavy atom. The summed E-state index contributed by atoms with van der Waals surface area (Å²) in [7, 11) is 0. The number of nitrogens with zero attached hydrogens (tertiary/aromatic N) is 1. The van der Waals surface area contributed by atoms with Crippen LogP contribution in [0.2, 0.25) is 0 Å². The Bertz CT molecular complexity index is 178. The zero-order valence-corrected chi connectivity index (χ0v) is 5.95. The van der Waals surface area contributed by atoms with Crippen molar-refractivity contribution in [1.29, 1.82) is 0 Å². The third-order valence-electron chi connectivity index (χ3n) is 0.987. The Labute approximate surface area is 64.8 Å². The van der Waals surface area contributed by atoms with Gasteiger partial charge in [0.15, 0.2) is 0 Å². The molecule has 56 valence electrons. The van der Waals surface area contributed by atoms with Crippen LogP contribution in [0.4, 0.5) is 5.69 Å². The summed E-state index contributed by atoms with van der Waals surface area (Å²) >= 11 is 0. The predicted molar refractivity (Wildman–Crippen MR) is 39.7 cm³/mol. The summed E-state index contributed by atoms with van der Waals surface area (Å²) in [6, 6.07) is 8.40. The van der Waals surface area contributed by atoms with Crippen molar-refractivity contribution in [3.63, 3.8) is 0 Å². The number of halogens is 1. The second-order valence-corrected chi connectivity index (χ2v) is 1.62. The summed E-state index contributed by atoms with van der Waals surface area (Å²) in [4.78, 5) is 0. The third kappa shape index (κ3) is 2.23. The Kier molecular flexibility index (Phi) is 3.79. The van der Waals surface area contributed by atoms with E-state index in [9.17, 15) is 0 Å². The molecule has 0 aromatic heterocycles. The minimum Gasteiger partial charge on any atom is -0.264 e. The first kappa shape index (κ1) is 9.23. The van der Waals surface area contributed by atoms with E-state index in [2.05, 4.69) is 0 Å². The van der Waals surface area contributed by atoms with Gasteiger partial charge in [-0.2, -0.15) is 0 Å². The molecular weight excluding hydrogens is 154 g/mol. The first-order chi connectivity index (χ1) is 4.30. The van der Waals surface area contributed by atoms with Crippen LogP contribution < -0.4 is 5.23 Å². The van der Waals surface area contributed by atoms with Gasteiger partial charge in [-0.05, 0) is 12.1 Å².